The summed E-state index contributed by atoms with van der Waals surface area (Å²) in [7, 11) is 0. The first-order valence-electron chi connectivity index (χ1n) is 9.88. The van der Waals surface area contributed by atoms with Crippen LogP contribution in [0, 0.1) is 11.6 Å². The third-order valence-corrected chi connectivity index (χ3v) is 7.07. The van der Waals surface area contributed by atoms with Crippen molar-refractivity contribution in [3.05, 3.63) is 101 Å². The molecule has 3 aromatic rings. The van der Waals surface area contributed by atoms with E-state index in [1.54, 1.807) is 47.4 Å². The zero-order valence-corrected chi connectivity index (χ0v) is 17.2. The highest BCUT2D eigenvalue weighted by Gasteiger charge is 2.59. The molecular formula is C24H18F2N2O2S. The summed E-state index contributed by atoms with van der Waals surface area (Å²) in [5, 5.41) is 0. The summed E-state index contributed by atoms with van der Waals surface area (Å²) < 4.78 is 28.0. The lowest BCUT2D eigenvalue weighted by molar-refractivity contribution is -0.123. The summed E-state index contributed by atoms with van der Waals surface area (Å²) in [6.07, 6.45) is 0. The third kappa shape index (κ3) is 3.11. The van der Waals surface area contributed by atoms with E-state index in [1.165, 1.54) is 40.9 Å². The van der Waals surface area contributed by atoms with Crippen LogP contribution >= 0.6 is 11.8 Å². The topological polar surface area (TPSA) is 40.6 Å². The molecule has 0 saturated carbocycles. The molecule has 0 unspecified atom stereocenters. The quantitative estimate of drug-likeness (QED) is 0.605. The first kappa shape index (κ1) is 19.8. The van der Waals surface area contributed by atoms with Crippen LogP contribution in [-0.2, 0) is 16.2 Å². The summed E-state index contributed by atoms with van der Waals surface area (Å²) >= 11 is 1.33. The van der Waals surface area contributed by atoms with Crippen molar-refractivity contribution in [3.63, 3.8) is 0 Å². The van der Waals surface area contributed by atoms with E-state index in [1.807, 2.05) is 6.07 Å². The van der Waals surface area contributed by atoms with Gasteiger partial charge in [0, 0.05) is 23.4 Å². The monoisotopic (exact) mass is 436 g/mol. The van der Waals surface area contributed by atoms with E-state index in [-0.39, 0.29) is 18.4 Å². The Kier molecular flexibility index (Phi) is 4.78. The molecule has 5 rings (SSSR count). The molecule has 1 atom stereocenters. The van der Waals surface area contributed by atoms with Crippen molar-refractivity contribution >= 4 is 29.3 Å². The molecule has 0 bridgehead atoms. The molecule has 4 nitrogen and oxygen atoms in total. The molecule has 1 fully saturated rings. The van der Waals surface area contributed by atoms with Gasteiger partial charge in [-0.2, -0.15) is 0 Å². The number of benzene rings is 3. The van der Waals surface area contributed by atoms with E-state index in [2.05, 4.69) is 0 Å². The predicted octanol–water partition coefficient (Wildman–Crippen LogP) is 4.55. The predicted molar refractivity (Wildman–Crippen MR) is 116 cm³/mol. The molecule has 1 saturated heterocycles. The molecule has 0 aromatic heterocycles. The van der Waals surface area contributed by atoms with Gasteiger partial charge in [-0.3, -0.25) is 9.59 Å². The van der Waals surface area contributed by atoms with Crippen LogP contribution in [-0.4, -0.2) is 29.0 Å². The molecule has 2 aliphatic rings. The maximum absolute atomic E-state index is 14.3. The normalized spacial score (nSPS) is 19.9. The number of thioether (sulfide) groups is 1. The number of carbonyl (C=O) groups excluding carboxylic acids is 2. The highest BCUT2D eigenvalue weighted by Crippen LogP contribution is 2.54. The summed E-state index contributed by atoms with van der Waals surface area (Å²) in [5.41, 5.74) is 2.08. The van der Waals surface area contributed by atoms with Crippen LogP contribution in [0.3, 0.4) is 0 Å². The molecule has 2 heterocycles. The Labute approximate surface area is 182 Å². The fourth-order valence-electron chi connectivity index (χ4n) is 4.30. The van der Waals surface area contributed by atoms with Gasteiger partial charge in [-0.25, -0.2) is 8.78 Å². The van der Waals surface area contributed by atoms with Crippen molar-refractivity contribution in [3.8, 4) is 0 Å². The number of fused-ring (bicyclic) bond motifs is 2. The lowest BCUT2D eigenvalue weighted by Crippen LogP contribution is -2.50. The minimum Gasteiger partial charge on any atom is -0.311 e. The maximum atomic E-state index is 14.3. The Balaban J connectivity index is 1.61. The molecule has 31 heavy (non-hydrogen) atoms. The summed E-state index contributed by atoms with van der Waals surface area (Å²) in [4.78, 5) is 28.9. The molecule has 2 amide bonds. The SMILES string of the molecule is O=C(c1ccccc1)N1CCS[C@]12C(=O)N(Cc1cccc(F)c1)c1ccc(F)cc12. The van der Waals surface area contributed by atoms with Gasteiger partial charge in [0.25, 0.3) is 11.8 Å². The van der Waals surface area contributed by atoms with Gasteiger partial charge in [-0.15, -0.1) is 11.8 Å². The Morgan fingerprint density at radius 1 is 0.968 bits per heavy atom. The zero-order valence-electron chi connectivity index (χ0n) is 16.4. The molecule has 2 aliphatic heterocycles. The van der Waals surface area contributed by atoms with E-state index in [4.69, 9.17) is 0 Å². The Morgan fingerprint density at radius 3 is 2.52 bits per heavy atom. The van der Waals surface area contributed by atoms with E-state index < -0.39 is 16.5 Å². The van der Waals surface area contributed by atoms with E-state index in [0.29, 0.717) is 34.7 Å². The molecular weight excluding hydrogens is 418 g/mol. The maximum Gasteiger partial charge on any atom is 0.268 e. The second-order valence-corrected chi connectivity index (χ2v) is 8.79. The highest BCUT2D eigenvalue weighted by molar-refractivity contribution is 8.01. The average molecular weight is 436 g/mol. The van der Waals surface area contributed by atoms with E-state index >= 15 is 0 Å². The number of anilines is 1. The van der Waals surface area contributed by atoms with Crippen LogP contribution < -0.4 is 4.90 Å². The fourth-order valence-corrected chi connectivity index (χ4v) is 5.75. The highest BCUT2D eigenvalue weighted by atomic mass is 32.2. The molecule has 0 aliphatic carbocycles. The van der Waals surface area contributed by atoms with Gasteiger partial charge in [-0.1, -0.05) is 30.3 Å². The van der Waals surface area contributed by atoms with Gasteiger partial charge < -0.3 is 9.80 Å². The van der Waals surface area contributed by atoms with Gasteiger partial charge in [-0.05, 0) is 48.0 Å². The van der Waals surface area contributed by atoms with Crippen molar-refractivity contribution in [2.75, 3.05) is 17.2 Å². The number of rotatable bonds is 3. The van der Waals surface area contributed by atoms with Crippen LogP contribution in [0.1, 0.15) is 21.5 Å². The second-order valence-electron chi connectivity index (χ2n) is 7.50. The molecule has 0 radical (unpaired) electrons. The lowest BCUT2D eigenvalue weighted by Gasteiger charge is -2.33. The van der Waals surface area contributed by atoms with Crippen molar-refractivity contribution in [2.45, 2.75) is 11.4 Å². The van der Waals surface area contributed by atoms with Gasteiger partial charge in [0.1, 0.15) is 11.6 Å². The van der Waals surface area contributed by atoms with Gasteiger partial charge in [0.15, 0.2) is 4.87 Å². The number of amides is 2. The standard InChI is InChI=1S/C24H18F2N2O2S/c25-18-8-4-5-16(13-18)15-27-21-10-9-19(26)14-20(21)24(23(27)30)28(11-12-31-24)22(29)17-6-2-1-3-7-17/h1-10,13-14H,11-12,15H2/t24-/m1/s1. The van der Waals surface area contributed by atoms with Gasteiger partial charge in [0.05, 0.1) is 12.2 Å². The summed E-state index contributed by atoms with van der Waals surface area (Å²) in [5.74, 6) is -0.910. The van der Waals surface area contributed by atoms with Gasteiger partial charge in [0.2, 0.25) is 0 Å². The summed E-state index contributed by atoms with van der Waals surface area (Å²) in [6.45, 7) is 0.499. The smallest absolute Gasteiger partial charge is 0.268 e. The van der Waals surface area contributed by atoms with E-state index in [0.717, 1.165) is 0 Å². The second kappa shape index (κ2) is 7.50. The number of halogens is 2. The fraction of sp³-hybridized carbons (Fsp3) is 0.167. The molecule has 0 N–H and O–H groups in total. The molecule has 156 valence electrons. The van der Waals surface area contributed by atoms with Crippen molar-refractivity contribution in [2.24, 2.45) is 0 Å². The van der Waals surface area contributed by atoms with Crippen molar-refractivity contribution in [1.82, 2.24) is 4.90 Å². The number of hydrogen-bond donors (Lipinski definition) is 0. The average Bonchev–Trinajstić information content (AvgIpc) is 3.31. The number of hydrogen-bond acceptors (Lipinski definition) is 3. The van der Waals surface area contributed by atoms with Crippen LogP contribution in [0.4, 0.5) is 14.5 Å². The Morgan fingerprint density at radius 2 is 1.74 bits per heavy atom. The molecule has 3 aromatic carbocycles. The van der Waals surface area contributed by atoms with Crippen LogP contribution in [0.15, 0.2) is 72.8 Å². The van der Waals surface area contributed by atoms with Crippen molar-refractivity contribution in [1.29, 1.82) is 0 Å². The van der Waals surface area contributed by atoms with E-state index in [9.17, 15) is 18.4 Å². The van der Waals surface area contributed by atoms with Crippen LogP contribution in [0.25, 0.3) is 0 Å². The number of carbonyl (C=O) groups is 2. The first-order valence-corrected chi connectivity index (χ1v) is 10.9. The first-order chi connectivity index (χ1) is 15.0. The Hall–Kier alpha value is -3.19. The van der Waals surface area contributed by atoms with Crippen molar-refractivity contribution < 1.29 is 18.4 Å². The minimum absolute atomic E-state index is 0.130. The molecule has 7 heteroatoms. The van der Waals surface area contributed by atoms with Crippen LogP contribution in [0.2, 0.25) is 0 Å². The number of nitrogens with zero attached hydrogens (tertiary/aromatic N) is 2. The van der Waals surface area contributed by atoms with Crippen LogP contribution in [0.5, 0.6) is 0 Å². The minimum atomic E-state index is -1.34. The Bertz CT molecular complexity index is 1190. The summed E-state index contributed by atoms with van der Waals surface area (Å²) in [6, 6.07) is 19.0. The third-order valence-electron chi connectivity index (χ3n) is 5.65. The van der Waals surface area contributed by atoms with Gasteiger partial charge >= 0.3 is 0 Å². The zero-order chi connectivity index (χ0) is 21.6. The largest absolute Gasteiger partial charge is 0.311 e. The molecule has 1 spiro atoms. The lowest BCUT2D eigenvalue weighted by atomic mass is 10.0.